The van der Waals surface area contributed by atoms with E-state index in [-0.39, 0.29) is 6.61 Å². The highest BCUT2D eigenvalue weighted by Crippen LogP contribution is 2.45. The van der Waals surface area contributed by atoms with Gasteiger partial charge < -0.3 is 25.6 Å². The summed E-state index contributed by atoms with van der Waals surface area (Å²) in [5, 5.41) is 34.5. The van der Waals surface area contributed by atoms with Crippen LogP contribution < -0.4 is 10.6 Å². The second-order valence-corrected chi connectivity index (χ2v) is 5.98. The number of ether oxygens (including phenoxy) is 1. The number of halogens is 3. The lowest BCUT2D eigenvalue weighted by molar-refractivity contribution is -0.385. The zero-order valence-corrected chi connectivity index (χ0v) is 14.4. The third-order valence-corrected chi connectivity index (χ3v) is 4.12. The molecule has 0 spiro atoms. The fourth-order valence-electron chi connectivity index (χ4n) is 2.70. The number of benzene rings is 1. The predicted molar refractivity (Wildman–Crippen MR) is 87.5 cm³/mol. The zero-order valence-electron chi connectivity index (χ0n) is 13.6. The molecular formula is C14H14F3N3O6S. The van der Waals surface area contributed by atoms with Crippen molar-refractivity contribution in [2.45, 2.75) is 24.9 Å². The van der Waals surface area contributed by atoms with Gasteiger partial charge in [-0.2, -0.15) is 13.2 Å². The largest absolute Gasteiger partial charge is 0.508 e. The molecule has 4 N–H and O–H groups in total. The van der Waals surface area contributed by atoms with E-state index in [0.717, 1.165) is 18.2 Å². The molecule has 0 aromatic heterocycles. The third-order valence-electron chi connectivity index (χ3n) is 3.90. The molecule has 1 aromatic rings. The number of nitrogens with zero attached hydrogens (tertiary/aromatic N) is 1. The Morgan fingerprint density at radius 3 is 2.63 bits per heavy atom. The van der Waals surface area contributed by atoms with Crippen molar-refractivity contribution in [3.63, 3.8) is 0 Å². The van der Waals surface area contributed by atoms with Crippen molar-refractivity contribution >= 4 is 29.0 Å². The van der Waals surface area contributed by atoms with Crippen LogP contribution in [-0.2, 0) is 9.53 Å². The van der Waals surface area contributed by atoms with Crippen molar-refractivity contribution in [3.8, 4) is 5.75 Å². The maximum atomic E-state index is 13.6. The number of nitro benzene ring substituents is 1. The van der Waals surface area contributed by atoms with Gasteiger partial charge in [0.05, 0.1) is 17.6 Å². The van der Waals surface area contributed by atoms with Crippen LogP contribution in [0.15, 0.2) is 18.2 Å². The summed E-state index contributed by atoms with van der Waals surface area (Å²) in [5.41, 5.74) is -4.82. The fraction of sp³-hybridized carbons (Fsp3) is 0.429. The SMILES string of the molecule is CCOC(=O)[C@@H]1[C@H](c2cc([N+](=O)[O-])ccc2O)NC(=S)N[C@@]1(O)C(F)(F)F. The van der Waals surface area contributed by atoms with Crippen LogP contribution in [0.2, 0.25) is 0 Å². The molecule has 148 valence electrons. The minimum atomic E-state index is -5.37. The van der Waals surface area contributed by atoms with Crippen molar-refractivity contribution < 1.29 is 37.8 Å². The number of phenolic OH excluding ortho intramolecular Hbond substituents is 1. The highest BCUT2D eigenvalue weighted by molar-refractivity contribution is 7.80. The third kappa shape index (κ3) is 3.73. The second kappa shape index (κ2) is 7.15. The number of alkyl halides is 3. The zero-order chi connectivity index (χ0) is 20.6. The maximum absolute atomic E-state index is 13.6. The lowest BCUT2D eigenvalue weighted by Crippen LogP contribution is -2.73. The van der Waals surface area contributed by atoms with Gasteiger partial charge in [0.25, 0.3) is 11.4 Å². The summed E-state index contributed by atoms with van der Waals surface area (Å²) in [4.78, 5) is 22.4. The van der Waals surface area contributed by atoms with Gasteiger partial charge in [0.2, 0.25) is 0 Å². The molecule has 0 aliphatic carbocycles. The average Bonchev–Trinajstić information content (AvgIpc) is 2.53. The number of thiocarbonyl (C=S) groups is 1. The molecule has 9 nitrogen and oxygen atoms in total. The van der Waals surface area contributed by atoms with E-state index in [1.54, 1.807) is 5.32 Å². The Morgan fingerprint density at radius 2 is 2.11 bits per heavy atom. The molecule has 1 aliphatic rings. The van der Waals surface area contributed by atoms with Crippen molar-refractivity contribution in [1.82, 2.24) is 10.6 Å². The highest BCUT2D eigenvalue weighted by Gasteiger charge is 2.66. The van der Waals surface area contributed by atoms with Gasteiger partial charge in [0.15, 0.2) is 5.11 Å². The number of nitrogens with one attached hydrogen (secondary N) is 2. The average molecular weight is 409 g/mol. The molecule has 0 radical (unpaired) electrons. The minimum absolute atomic E-state index is 0.290. The fourth-order valence-corrected chi connectivity index (χ4v) is 2.98. The first-order valence-electron chi connectivity index (χ1n) is 7.44. The Bertz CT molecular complexity index is 790. The topological polar surface area (TPSA) is 134 Å². The van der Waals surface area contributed by atoms with Crippen LogP contribution in [0.5, 0.6) is 5.75 Å². The molecule has 1 aromatic carbocycles. The molecule has 3 atom stereocenters. The van der Waals surface area contributed by atoms with Crippen LogP contribution in [0.25, 0.3) is 0 Å². The summed E-state index contributed by atoms with van der Waals surface area (Å²) < 4.78 is 45.3. The van der Waals surface area contributed by atoms with Gasteiger partial charge in [0.1, 0.15) is 11.7 Å². The lowest BCUT2D eigenvalue weighted by atomic mass is 9.81. The van der Waals surface area contributed by atoms with Crippen molar-refractivity contribution in [1.29, 1.82) is 0 Å². The number of phenols is 1. The second-order valence-electron chi connectivity index (χ2n) is 5.57. The number of aliphatic hydroxyl groups is 1. The molecule has 2 rings (SSSR count). The first-order valence-corrected chi connectivity index (χ1v) is 7.85. The molecule has 1 saturated heterocycles. The Hall–Kier alpha value is -2.67. The van der Waals surface area contributed by atoms with E-state index in [2.05, 4.69) is 22.3 Å². The molecule has 1 aliphatic heterocycles. The van der Waals surface area contributed by atoms with Gasteiger partial charge in [-0.25, -0.2) is 0 Å². The normalized spacial score (nSPS) is 25.3. The van der Waals surface area contributed by atoms with Gasteiger partial charge >= 0.3 is 12.1 Å². The van der Waals surface area contributed by atoms with Gasteiger partial charge in [-0.1, -0.05) is 0 Å². The summed E-state index contributed by atoms with van der Waals surface area (Å²) in [6.45, 7) is 1.06. The number of nitro groups is 1. The van der Waals surface area contributed by atoms with Crippen LogP contribution in [0, 0.1) is 16.0 Å². The van der Waals surface area contributed by atoms with Crippen LogP contribution >= 0.6 is 12.2 Å². The summed E-state index contributed by atoms with van der Waals surface area (Å²) in [7, 11) is 0. The molecule has 0 amide bonds. The Balaban J connectivity index is 2.68. The number of hydrogen-bond donors (Lipinski definition) is 4. The van der Waals surface area contributed by atoms with E-state index in [1.807, 2.05) is 0 Å². The number of non-ortho nitro benzene ring substituents is 1. The van der Waals surface area contributed by atoms with E-state index in [4.69, 9.17) is 0 Å². The van der Waals surface area contributed by atoms with Gasteiger partial charge in [-0.05, 0) is 25.2 Å². The van der Waals surface area contributed by atoms with Crippen molar-refractivity contribution in [2.24, 2.45) is 5.92 Å². The number of carbonyl (C=O) groups excluding carboxylic acids is 1. The van der Waals surface area contributed by atoms with Crippen LogP contribution in [0.3, 0.4) is 0 Å². The minimum Gasteiger partial charge on any atom is -0.508 e. The van der Waals surface area contributed by atoms with Gasteiger partial charge in [-0.15, -0.1) is 0 Å². The van der Waals surface area contributed by atoms with E-state index in [9.17, 15) is 38.3 Å². The van der Waals surface area contributed by atoms with E-state index < -0.39 is 56.9 Å². The monoisotopic (exact) mass is 409 g/mol. The van der Waals surface area contributed by atoms with E-state index >= 15 is 0 Å². The number of aromatic hydroxyl groups is 1. The standard InChI is InChI=1S/C14H14F3N3O6S/c1-2-26-11(22)9-10(7-5-6(20(24)25)3-4-8(7)21)18-12(27)19-13(9,23)14(15,16)17/h3-5,9-10,21,23H,2H2,1H3,(H2,18,19,27)/t9-,10-,13-/m0/s1. The molecule has 27 heavy (non-hydrogen) atoms. The van der Waals surface area contributed by atoms with Crippen LogP contribution in [0.4, 0.5) is 18.9 Å². The molecule has 0 unspecified atom stereocenters. The Kier molecular flexibility index (Phi) is 5.47. The molecular weight excluding hydrogens is 395 g/mol. The molecule has 0 saturated carbocycles. The molecule has 13 heteroatoms. The summed E-state index contributed by atoms with van der Waals surface area (Å²) in [6, 6.07) is 0.830. The van der Waals surface area contributed by atoms with Crippen molar-refractivity contribution in [2.75, 3.05) is 6.61 Å². The maximum Gasteiger partial charge on any atom is 0.437 e. The smallest absolute Gasteiger partial charge is 0.437 e. The van der Waals surface area contributed by atoms with E-state index in [1.165, 1.54) is 6.92 Å². The summed E-state index contributed by atoms with van der Waals surface area (Å²) >= 11 is 4.68. The number of esters is 1. The quantitative estimate of drug-likeness (QED) is 0.251. The summed E-state index contributed by atoms with van der Waals surface area (Å²) in [5.74, 6) is -4.45. The highest BCUT2D eigenvalue weighted by atomic mass is 32.1. The van der Waals surface area contributed by atoms with Crippen molar-refractivity contribution in [3.05, 3.63) is 33.9 Å². The number of hydrogen-bond acceptors (Lipinski definition) is 7. The van der Waals surface area contributed by atoms with E-state index in [0.29, 0.717) is 0 Å². The predicted octanol–water partition coefficient (Wildman–Crippen LogP) is 1.25. The van der Waals surface area contributed by atoms with Crippen LogP contribution in [-0.4, -0.2) is 44.7 Å². The molecule has 0 bridgehead atoms. The first kappa shape index (κ1) is 20.6. The number of carbonyl (C=O) groups is 1. The Labute approximate surface area is 155 Å². The molecule has 1 heterocycles. The summed E-state index contributed by atoms with van der Waals surface area (Å²) in [6.07, 6.45) is -5.37. The van der Waals surface area contributed by atoms with Crippen LogP contribution in [0.1, 0.15) is 18.5 Å². The van der Waals surface area contributed by atoms with Gasteiger partial charge in [-0.3, -0.25) is 14.9 Å². The lowest BCUT2D eigenvalue weighted by Gasteiger charge is -2.45. The molecule has 1 fully saturated rings. The van der Waals surface area contributed by atoms with Gasteiger partial charge in [0, 0.05) is 17.7 Å². The number of rotatable bonds is 4. The Morgan fingerprint density at radius 1 is 1.48 bits per heavy atom. The first-order chi connectivity index (χ1) is 12.4.